The fourth-order valence-electron chi connectivity index (χ4n) is 14.4. The van der Waals surface area contributed by atoms with Crippen LogP contribution in [0.25, 0.3) is 21.5 Å². The SMILES string of the molecule is CCCOCCOCCOCCOCCOCCOCCC(=O)NCCCC[C@@H](NC(=O)CCOCCOCCOCCOCCOCCOCCC)C(=O)NC(CCCCNC(=O)CCCCC[N+]1=C(/C=C/C=C/C=C2/N(CC)c3ccc4c(S(=O)(=O)O)cc(S(=O)(=O)O)cc4c3C2(C)C)C(C)(C)c2c1ccc1c(S(=O)(=O)O)cc(S(=O)(=O)O)cc21)C(N)=O. The molecule has 4 aromatic carbocycles. The molecule has 0 saturated heterocycles. The Bertz CT molecular complexity index is 4730. The molecule has 125 heavy (non-hydrogen) atoms. The molecule has 0 aliphatic carbocycles. The zero-order valence-electron chi connectivity index (χ0n) is 73.0. The Morgan fingerprint density at radius 2 is 0.840 bits per heavy atom. The summed E-state index contributed by atoms with van der Waals surface area (Å²) < 4.78 is 210. The van der Waals surface area contributed by atoms with Crippen LogP contribution >= 0.6 is 0 Å². The minimum atomic E-state index is -5.05. The molecule has 2 aliphatic heterocycles. The number of hydrogen-bond donors (Lipinski definition) is 9. The van der Waals surface area contributed by atoms with Crippen LogP contribution in [0.3, 0.4) is 0 Å². The van der Waals surface area contributed by atoms with Gasteiger partial charge in [0.25, 0.3) is 40.5 Å². The number of fused-ring (bicyclic) bond motifs is 6. The van der Waals surface area contributed by atoms with Crippen molar-refractivity contribution < 1.29 is 137 Å². The highest BCUT2D eigenvalue weighted by Gasteiger charge is 2.47. The highest BCUT2D eigenvalue weighted by molar-refractivity contribution is 7.87. The van der Waals surface area contributed by atoms with E-state index >= 15 is 0 Å². The van der Waals surface area contributed by atoms with Crippen LogP contribution in [0.1, 0.15) is 149 Å². The van der Waals surface area contributed by atoms with Crippen molar-refractivity contribution in [1.29, 1.82) is 0 Å². The molecule has 36 nitrogen and oxygen atoms in total. The second kappa shape index (κ2) is 54.8. The summed E-state index contributed by atoms with van der Waals surface area (Å²) in [7, 11) is -20.0. The van der Waals surface area contributed by atoms with E-state index < -0.39 is 101 Å². The van der Waals surface area contributed by atoms with Crippen molar-refractivity contribution in [3.05, 3.63) is 95.7 Å². The molecule has 10 N–H and O–H groups in total. The van der Waals surface area contributed by atoms with Gasteiger partial charge in [0.2, 0.25) is 35.2 Å². The third-order valence-electron chi connectivity index (χ3n) is 20.4. The van der Waals surface area contributed by atoms with Crippen LogP contribution in [0.5, 0.6) is 0 Å². The largest absolute Gasteiger partial charge is 0.379 e. The Kier molecular flexibility index (Phi) is 46.6. The van der Waals surface area contributed by atoms with E-state index in [0.717, 1.165) is 31.2 Å². The second-order valence-corrected chi connectivity index (χ2v) is 36.2. The van der Waals surface area contributed by atoms with Gasteiger partial charge in [0, 0.05) is 104 Å². The van der Waals surface area contributed by atoms with Crippen LogP contribution in [0.2, 0.25) is 0 Å². The van der Waals surface area contributed by atoms with Gasteiger partial charge >= 0.3 is 0 Å². The Morgan fingerprint density at radius 3 is 1.26 bits per heavy atom. The van der Waals surface area contributed by atoms with Crippen molar-refractivity contribution in [2.24, 2.45) is 5.73 Å². The van der Waals surface area contributed by atoms with Crippen LogP contribution in [-0.2, 0) is 132 Å². The minimum Gasteiger partial charge on any atom is -0.379 e. The summed E-state index contributed by atoms with van der Waals surface area (Å²) >= 11 is 0. The lowest BCUT2D eigenvalue weighted by atomic mass is 9.79. The van der Waals surface area contributed by atoms with Crippen LogP contribution in [0.15, 0.2) is 104 Å². The fraction of sp³-hybridized carbons (Fsp3) is 0.624. The lowest BCUT2D eigenvalue weighted by Gasteiger charge is -2.26. The molecular formula is C85H130N7O29S4+. The van der Waals surface area contributed by atoms with Crippen molar-refractivity contribution in [3.63, 3.8) is 0 Å². The third-order valence-corrected chi connectivity index (χ3v) is 23.9. The monoisotopic (exact) mass is 1840 g/mol. The van der Waals surface area contributed by atoms with Crippen molar-refractivity contribution >= 4 is 109 Å². The summed E-state index contributed by atoms with van der Waals surface area (Å²) in [6, 6.07) is 7.74. The van der Waals surface area contributed by atoms with Gasteiger partial charge in [0.15, 0.2) is 5.71 Å². The molecule has 1 unspecified atom stereocenters. The molecule has 40 heteroatoms. The third kappa shape index (κ3) is 35.9. The number of nitrogens with two attached hydrogens (primary N) is 1. The number of primary amides is 1. The van der Waals surface area contributed by atoms with Gasteiger partial charge in [-0.2, -0.15) is 38.2 Å². The number of hydrogen-bond acceptors (Lipinski definition) is 26. The number of nitrogens with one attached hydrogen (secondary N) is 4. The molecule has 2 aliphatic rings. The van der Waals surface area contributed by atoms with E-state index in [1.807, 2.05) is 70.1 Å². The van der Waals surface area contributed by atoms with Gasteiger partial charge in [-0.3, -0.25) is 42.2 Å². The number of rotatable bonds is 68. The van der Waals surface area contributed by atoms with E-state index in [2.05, 4.69) is 21.3 Å². The number of amides is 5. The van der Waals surface area contributed by atoms with Gasteiger partial charge in [0.05, 0.1) is 161 Å². The molecule has 0 spiro atoms. The molecule has 2 atom stereocenters. The van der Waals surface area contributed by atoms with Gasteiger partial charge in [0.1, 0.15) is 28.4 Å². The van der Waals surface area contributed by atoms with E-state index in [4.69, 9.17) is 62.6 Å². The van der Waals surface area contributed by atoms with Crippen molar-refractivity contribution in [2.45, 2.75) is 181 Å². The highest BCUT2D eigenvalue weighted by atomic mass is 32.2. The van der Waals surface area contributed by atoms with Crippen LogP contribution < -0.4 is 31.9 Å². The maximum Gasteiger partial charge on any atom is 0.295 e. The molecule has 0 radical (unpaired) electrons. The Hall–Kier alpha value is -7.40. The van der Waals surface area contributed by atoms with E-state index in [1.165, 1.54) is 18.2 Å². The first-order chi connectivity index (χ1) is 59.6. The number of nitrogens with zero attached hydrogens (tertiary/aromatic N) is 2. The highest BCUT2D eigenvalue weighted by Crippen LogP contribution is 2.52. The molecule has 0 saturated carbocycles. The second-order valence-electron chi connectivity index (χ2n) is 30.6. The molecular weight excluding hydrogens is 1710 g/mol. The summed E-state index contributed by atoms with van der Waals surface area (Å²) in [4.78, 5) is 65.2. The van der Waals surface area contributed by atoms with Gasteiger partial charge in [-0.25, -0.2) is 0 Å². The number of benzene rings is 4. The predicted molar refractivity (Wildman–Crippen MR) is 467 cm³/mol. The average molecular weight is 1840 g/mol. The maximum atomic E-state index is 14.0. The standard InChI is InChI=1S/C85H129N7O29S4/c1-8-35-110-39-43-114-47-51-118-55-57-120-53-49-116-45-41-112-37-30-78(94)88-33-19-17-22-70(89-79(95)31-38-113-42-46-117-50-54-121-58-56-119-52-48-115-44-40-111-36-9-2)83(97)90-69(82(86)96)21-16-18-32-87-77(93)25-15-12-20-34-92-72-29-27-66-68(60-64(123(101,102)103)62-74(66)125(107,108)109)81(72)85(6,7)76(92)24-14-11-13-23-75-84(4,5)80-67-59-63(122(98,99)100)61-73(124(104,105)106)65(67)26-28-71(80)91(75)10-3/h11,13-14,23-24,26-29,59-62,69-70H,8-10,12,15-22,25,30-58H2,1-7H3,(H9-,86,87,88,89,90,93,94,95,96,97,98,99,100,101,102,103,104,105,106,107,108,109)/p+1/t69?,70-/m1/s1. The van der Waals surface area contributed by atoms with E-state index in [0.29, 0.717) is 217 Å². The number of carbonyl (C=O) groups excluding carboxylic acids is 5. The first kappa shape index (κ1) is 106. The number of anilines is 1. The number of carbonyl (C=O) groups is 5. The first-order valence-corrected chi connectivity index (χ1v) is 48.3. The smallest absolute Gasteiger partial charge is 0.295 e. The summed E-state index contributed by atoms with van der Waals surface area (Å²) in [6.45, 7) is 24.3. The van der Waals surface area contributed by atoms with Crippen LogP contribution in [-0.4, -0.2) is 289 Å². The first-order valence-electron chi connectivity index (χ1n) is 42.5. The predicted octanol–water partition coefficient (Wildman–Crippen LogP) is 7.56. The molecule has 0 fully saturated rings. The lowest BCUT2D eigenvalue weighted by molar-refractivity contribution is -0.438. The van der Waals surface area contributed by atoms with Crippen molar-refractivity contribution in [1.82, 2.24) is 21.3 Å². The zero-order valence-corrected chi connectivity index (χ0v) is 76.2. The van der Waals surface area contributed by atoms with Gasteiger partial charge in [-0.1, -0.05) is 52.0 Å². The maximum absolute atomic E-state index is 14.0. The Balaban J connectivity index is 1.00. The van der Waals surface area contributed by atoms with Gasteiger partial charge in [-0.05, 0) is 144 Å². The number of likely N-dealkylation sites (N-methyl/N-ethyl adjacent to an activating group) is 1. The molecule has 702 valence electrons. The van der Waals surface area contributed by atoms with Crippen molar-refractivity contribution in [2.75, 3.05) is 190 Å². The van der Waals surface area contributed by atoms with Crippen molar-refractivity contribution in [3.8, 4) is 0 Å². The summed E-state index contributed by atoms with van der Waals surface area (Å²) in [5.74, 6) is -2.42. The van der Waals surface area contributed by atoms with Gasteiger partial charge < -0.3 is 88.7 Å². The molecule has 0 aromatic heterocycles. The quantitative estimate of drug-likeness (QED) is 0.00890. The van der Waals surface area contributed by atoms with E-state index in [1.54, 1.807) is 30.4 Å². The zero-order chi connectivity index (χ0) is 91.5. The number of allylic oxidation sites excluding steroid dienone is 6. The molecule has 6 rings (SSSR count). The summed E-state index contributed by atoms with van der Waals surface area (Å²) in [5, 5.41) is 11.6. The number of unbranched alkanes of at least 4 members (excludes halogenated alkanes) is 4. The Morgan fingerprint density at radius 1 is 0.432 bits per heavy atom. The topological polar surface area (TPSA) is 494 Å². The lowest BCUT2D eigenvalue weighted by Crippen LogP contribution is -2.53. The Labute approximate surface area is 735 Å². The van der Waals surface area contributed by atoms with E-state index in [-0.39, 0.29) is 112 Å². The average Bonchev–Trinajstić information content (AvgIpc) is 1.58. The molecule has 4 aromatic rings. The van der Waals surface area contributed by atoms with Crippen LogP contribution in [0.4, 0.5) is 11.4 Å². The van der Waals surface area contributed by atoms with Crippen LogP contribution in [0, 0.1) is 0 Å². The number of ether oxygens (including phenoxy) is 12. The van der Waals surface area contributed by atoms with Gasteiger partial charge in [-0.15, -0.1) is 0 Å². The minimum absolute atomic E-state index is 0.00426. The molecule has 5 amide bonds. The molecule has 0 bridgehead atoms. The normalized spacial score (nSPS) is 14.9. The fourth-order valence-corrected chi connectivity index (χ4v) is 17.0. The van der Waals surface area contributed by atoms with E-state index in [9.17, 15) is 75.9 Å². The molecule has 2 heterocycles. The summed E-state index contributed by atoms with van der Waals surface area (Å²) in [5.41, 5.74) is 7.48. The summed E-state index contributed by atoms with van der Waals surface area (Å²) in [6.07, 6.45) is 14.4.